The maximum absolute atomic E-state index is 6.42. The number of furan rings is 1. The van der Waals surface area contributed by atoms with Gasteiger partial charge in [-0.3, -0.25) is 0 Å². The van der Waals surface area contributed by atoms with Crippen molar-refractivity contribution < 1.29 is 4.42 Å². The monoisotopic (exact) mass is 444 g/mol. The fourth-order valence-corrected chi connectivity index (χ4v) is 5.91. The smallest absolute Gasteiger partial charge is 0.136 e. The molecule has 8 rings (SSSR count). The fraction of sp³-hybridized carbons (Fsp3) is 0. The highest BCUT2D eigenvalue weighted by Gasteiger charge is 2.19. The van der Waals surface area contributed by atoms with Crippen molar-refractivity contribution in [2.75, 3.05) is 0 Å². The molecule has 0 spiro atoms. The third-order valence-electron chi connectivity index (χ3n) is 7.43. The minimum absolute atomic E-state index is 0.927. The van der Waals surface area contributed by atoms with E-state index < -0.39 is 0 Å². The Morgan fingerprint density at radius 2 is 1.03 bits per heavy atom. The first-order valence-corrected chi connectivity index (χ1v) is 12.0. The lowest BCUT2D eigenvalue weighted by Gasteiger charge is -2.15. The number of hydrogen-bond donors (Lipinski definition) is 0. The van der Waals surface area contributed by atoms with Crippen LogP contribution in [-0.4, -0.2) is 0 Å². The minimum Gasteiger partial charge on any atom is -0.456 e. The zero-order valence-corrected chi connectivity index (χ0v) is 19.0. The van der Waals surface area contributed by atoms with E-state index in [0.29, 0.717) is 0 Å². The van der Waals surface area contributed by atoms with Gasteiger partial charge in [0.1, 0.15) is 11.2 Å². The average molecular weight is 445 g/mol. The van der Waals surface area contributed by atoms with E-state index >= 15 is 0 Å². The van der Waals surface area contributed by atoms with Crippen LogP contribution >= 0.6 is 0 Å². The topological polar surface area (TPSA) is 13.1 Å². The summed E-state index contributed by atoms with van der Waals surface area (Å²) in [4.78, 5) is 0. The van der Waals surface area contributed by atoms with Crippen LogP contribution in [0.1, 0.15) is 0 Å². The third-order valence-corrected chi connectivity index (χ3v) is 7.43. The molecule has 35 heavy (non-hydrogen) atoms. The maximum atomic E-state index is 6.42. The van der Waals surface area contributed by atoms with Crippen LogP contribution in [-0.2, 0) is 0 Å². The number of benzene rings is 7. The second-order valence-corrected chi connectivity index (χ2v) is 9.30. The lowest BCUT2D eigenvalue weighted by Crippen LogP contribution is -1.88. The first-order chi connectivity index (χ1) is 17.4. The fourth-order valence-electron chi connectivity index (χ4n) is 5.91. The maximum Gasteiger partial charge on any atom is 0.136 e. The Kier molecular flexibility index (Phi) is 3.72. The summed E-state index contributed by atoms with van der Waals surface area (Å²) in [5.74, 6) is 0. The summed E-state index contributed by atoms with van der Waals surface area (Å²) < 4.78 is 6.42. The second-order valence-electron chi connectivity index (χ2n) is 9.30. The van der Waals surface area contributed by atoms with Gasteiger partial charge in [-0.1, -0.05) is 103 Å². The molecule has 0 aliphatic rings. The molecule has 1 heterocycles. The van der Waals surface area contributed by atoms with Gasteiger partial charge in [0.25, 0.3) is 0 Å². The zero-order chi connectivity index (χ0) is 22.9. The van der Waals surface area contributed by atoms with Crippen LogP contribution in [0.2, 0.25) is 0 Å². The molecule has 0 amide bonds. The van der Waals surface area contributed by atoms with Gasteiger partial charge in [0.05, 0.1) is 0 Å². The molecule has 8 aromatic rings. The molecule has 0 fully saturated rings. The van der Waals surface area contributed by atoms with Crippen molar-refractivity contribution in [2.45, 2.75) is 0 Å². The molecule has 162 valence electrons. The third kappa shape index (κ3) is 2.58. The van der Waals surface area contributed by atoms with E-state index in [0.717, 1.165) is 11.2 Å². The number of hydrogen-bond acceptors (Lipinski definition) is 1. The van der Waals surface area contributed by atoms with E-state index in [-0.39, 0.29) is 0 Å². The van der Waals surface area contributed by atoms with Crippen molar-refractivity contribution in [1.82, 2.24) is 0 Å². The van der Waals surface area contributed by atoms with Crippen molar-refractivity contribution in [3.8, 4) is 11.1 Å². The van der Waals surface area contributed by atoms with E-state index in [4.69, 9.17) is 4.42 Å². The zero-order valence-electron chi connectivity index (χ0n) is 19.0. The van der Waals surface area contributed by atoms with E-state index in [1.54, 1.807) is 0 Å². The van der Waals surface area contributed by atoms with Crippen LogP contribution in [0.15, 0.2) is 126 Å². The Balaban J connectivity index is 1.64. The molecule has 0 bridgehead atoms. The van der Waals surface area contributed by atoms with Crippen LogP contribution in [0, 0.1) is 0 Å². The molecular weight excluding hydrogens is 424 g/mol. The van der Waals surface area contributed by atoms with Gasteiger partial charge >= 0.3 is 0 Å². The predicted octanol–water partition coefficient (Wildman–Crippen LogP) is 9.87. The molecule has 1 aromatic heterocycles. The van der Waals surface area contributed by atoms with Crippen LogP contribution in [0.5, 0.6) is 0 Å². The number of fused-ring (bicyclic) bond motifs is 9. The molecule has 0 N–H and O–H groups in total. The Labute approximate surface area is 201 Å². The molecule has 0 saturated heterocycles. The molecule has 0 aliphatic carbocycles. The SMILES string of the molecule is c1ccc2c(-c3cccc4oc5ccc6ccccc6c5c34)c3ccc4ccccc4c3cc2c1. The predicted molar refractivity (Wildman–Crippen MR) is 149 cm³/mol. The summed E-state index contributed by atoms with van der Waals surface area (Å²) in [6, 6.07) is 43.6. The summed E-state index contributed by atoms with van der Waals surface area (Å²) in [5.41, 5.74) is 4.34. The van der Waals surface area contributed by atoms with Gasteiger partial charge in [-0.05, 0) is 72.4 Å². The first-order valence-electron chi connectivity index (χ1n) is 12.0. The Morgan fingerprint density at radius 1 is 0.371 bits per heavy atom. The second kappa shape index (κ2) is 6.94. The first kappa shape index (κ1) is 18.8. The van der Waals surface area contributed by atoms with Crippen LogP contribution in [0.25, 0.3) is 76.2 Å². The lowest BCUT2D eigenvalue weighted by atomic mass is 9.88. The molecule has 0 saturated carbocycles. The van der Waals surface area contributed by atoms with Crippen molar-refractivity contribution in [2.24, 2.45) is 0 Å². The lowest BCUT2D eigenvalue weighted by molar-refractivity contribution is 0.669. The minimum atomic E-state index is 0.927. The van der Waals surface area contributed by atoms with E-state index in [1.165, 1.54) is 65.0 Å². The summed E-state index contributed by atoms with van der Waals surface area (Å²) in [6.45, 7) is 0. The van der Waals surface area contributed by atoms with E-state index in [2.05, 4.69) is 121 Å². The van der Waals surface area contributed by atoms with Crippen LogP contribution in [0.4, 0.5) is 0 Å². The number of rotatable bonds is 1. The van der Waals surface area contributed by atoms with Gasteiger partial charge in [-0.25, -0.2) is 0 Å². The quantitative estimate of drug-likeness (QED) is 0.181. The molecule has 0 aliphatic heterocycles. The largest absolute Gasteiger partial charge is 0.456 e. The van der Waals surface area contributed by atoms with Crippen LogP contribution < -0.4 is 0 Å². The molecule has 0 atom stereocenters. The molecule has 0 radical (unpaired) electrons. The highest BCUT2D eigenvalue weighted by Crippen LogP contribution is 2.45. The Hall–Kier alpha value is -4.62. The van der Waals surface area contributed by atoms with Crippen molar-refractivity contribution in [3.63, 3.8) is 0 Å². The Bertz CT molecular complexity index is 2110. The Morgan fingerprint density at radius 3 is 1.89 bits per heavy atom. The van der Waals surface area contributed by atoms with Gasteiger partial charge in [-0.2, -0.15) is 0 Å². The highest BCUT2D eigenvalue weighted by atomic mass is 16.3. The normalized spacial score (nSPS) is 12.0. The standard InChI is InChI=1S/C34H20O/c1-4-11-24-21(8-1)16-18-27-29(24)20-23-10-3-6-13-26(23)32(27)28-14-7-15-30-34(28)33-25-12-5-2-9-22(25)17-19-31(33)35-30/h1-20H. The molecule has 1 nitrogen and oxygen atoms in total. The van der Waals surface area contributed by atoms with Gasteiger partial charge in [0.2, 0.25) is 0 Å². The van der Waals surface area contributed by atoms with Crippen molar-refractivity contribution in [1.29, 1.82) is 0 Å². The highest BCUT2D eigenvalue weighted by molar-refractivity contribution is 6.27. The summed E-state index contributed by atoms with van der Waals surface area (Å²) in [5, 5.41) is 12.4. The molecular formula is C34H20O. The molecule has 1 heteroatoms. The van der Waals surface area contributed by atoms with Gasteiger partial charge in [-0.15, -0.1) is 0 Å². The summed E-state index contributed by atoms with van der Waals surface area (Å²) >= 11 is 0. The summed E-state index contributed by atoms with van der Waals surface area (Å²) in [6.07, 6.45) is 0. The average Bonchev–Trinajstić information content (AvgIpc) is 3.31. The van der Waals surface area contributed by atoms with Crippen molar-refractivity contribution >= 4 is 65.0 Å². The molecule has 0 unspecified atom stereocenters. The van der Waals surface area contributed by atoms with Gasteiger partial charge in [0.15, 0.2) is 0 Å². The van der Waals surface area contributed by atoms with Gasteiger partial charge in [0, 0.05) is 10.8 Å². The van der Waals surface area contributed by atoms with Crippen LogP contribution in [0.3, 0.4) is 0 Å². The van der Waals surface area contributed by atoms with E-state index in [1.807, 2.05) is 0 Å². The van der Waals surface area contributed by atoms with Gasteiger partial charge < -0.3 is 4.42 Å². The molecule has 7 aromatic carbocycles. The van der Waals surface area contributed by atoms with E-state index in [9.17, 15) is 0 Å². The van der Waals surface area contributed by atoms with Crippen molar-refractivity contribution in [3.05, 3.63) is 121 Å². The summed E-state index contributed by atoms with van der Waals surface area (Å²) in [7, 11) is 0.